The molecule has 0 saturated carbocycles. The van der Waals surface area contributed by atoms with Gasteiger partial charge in [-0.05, 0) is 56.9 Å². The largest absolute Gasteiger partial charge is 0.493 e. The van der Waals surface area contributed by atoms with Gasteiger partial charge >= 0.3 is 0 Å². The van der Waals surface area contributed by atoms with Crippen molar-refractivity contribution in [2.75, 3.05) is 26.9 Å². The van der Waals surface area contributed by atoms with E-state index < -0.39 is 6.10 Å². The third-order valence-electron chi connectivity index (χ3n) is 5.13. The van der Waals surface area contributed by atoms with Gasteiger partial charge in [-0.3, -0.25) is 0 Å². The molecule has 0 spiro atoms. The van der Waals surface area contributed by atoms with Gasteiger partial charge in [0.05, 0.1) is 11.6 Å². The summed E-state index contributed by atoms with van der Waals surface area (Å²) in [5.41, 5.74) is 2.99. The zero-order valence-electron chi connectivity index (χ0n) is 17.8. The molecule has 1 heterocycles. The fourth-order valence-electron chi connectivity index (χ4n) is 3.49. The van der Waals surface area contributed by atoms with Gasteiger partial charge in [0.15, 0.2) is 23.0 Å². The van der Waals surface area contributed by atoms with Crippen molar-refractivity contribution in [3.63, 3.8) is 0 Å². The van der Waals surface area contributed by atoms with E-state index in [0.29, 0.717) is 48.3 Å². The molecule has 32 heavy (non-hydrogen) atoms. The summed E-state index contributed by atoms with van der Waals surface area (Å²) in [7, 11) is 1.60. The fourth-order valence-corrected chi connectivity index (χ4v) is 4.09. The van der Waals surface area contributed by atoms with Crippen molar-refractivity contribution >= 4 is 15.9 Å². The summed E-state index contributed by atoms with van der Waals surface area (Å²) in [6.07, 6.45) is -0.824. The average molecular weight is 500 g/mol. The Labute approximate surface area is 196 Å². The number of nitrogens with one attached hydrogen (secondary N) is 1. The van der Waals surface area contributed by atoms with Crippen LogP contribution in [0.3, 0.4) is 0 Å². The zero-order chi connectivity index (χ0) is 22.3. The average Bonchev–Trinajstić information content (AvgIpc) is 2.83. The lowest BCUT2D eigenvalue weighted by Gasteiger charge is -2.21. The van der Waals surface area contributed by atoms with Gasteiger partial charge in [-0.1, -0.05) is 36.4 Å². The van der Waals surface area contributed by atoms with Crippen LogP contribution in [0.25, 0.3) is 0 Å². The summed E-state index contributed by atoms with van der Waals surface area (Å²) in [6.45, 7) is 2.56. The Hall–Kier alpha value is -2.74. The SMILES string of the molecule is COc1cc(CNCc2ccccc2)cc(Br)c1OCC(O)c1ccc2c(c1)OCCO2. The second-order valence-corrected chi connectivity index (χ2v) is 8.28. The molecule has 0 aromatic heterocycles. The highest BCUT2D eigenvalue weighted by atomic mass is 79.9. The maximum absolute atomic E-state index is 10.6. The predicted molar refractivity (Wildman–Crippen MR) is 126 cm³/mol. The van der Waals surface area contributed by atoms with Gasteiger partial charge in [-0.25, -0.2) is 0 Å². The lowest BCUT2D eigenvalue weighted by Crippen LogP contribution is -2.16. The van der Waals surface area contributed by atoms with Crippen molar-refractivity contribution < 1.29 is 24.1 Å². The van der Waals surface area contributed by atoms with Gasteiger partial charge in [0.1, 0.15) is 25.9 Å². The van der Waals surface area contributed by atoms with E-state index in [1.54, 1.807) is 19.2 Å². The van der Waals surface area contributed by atoms with Crippen LogP contribution in [0.5, 0.6) is 23.0 Å². The van der Waals surface area contributed by atoms with Crippen LogP contribution in [-0.4, -0.2) is 32.0 Å². The lowest BCUT2D eigenvalue weighted by atomic mass is 10.1. The highest BCUT2D eigenvalue weighted by Gasteiger charge is 2.18. The van der Waals surface area contributed by atoms with Gasteiger partial charge in [0.25, 0.3) is 0 Å². The first kappa shape index (κ1) is 22.5. The van der Waals surface area contributed by atoms with Gasteiger partial charge in [-0.15, -0.1) is 0 Å². The molecule has 1 unspecified atom stereocenters. The molecule has 0 bridgehead atoms. The van der Waals surface area contributed by atoms with Gasteiger partial charge in [0, 0.05) is 13.1 Å². The van der Waals surface area contributed by atoms with Crippen LogP contribution in [0.15, 0.2) is 65.1 Å². The number of benzene rings is 3. The molecule has 3 aromatic rings. The first-order valence-electron chi connectivity index (χ1n) is 10.5. The second kappa shape index (κ2) is 10.7. The number of halogens is 1. The Morgan fingerprint density at radius 1 is 0.969 bits per heavy atom. The van der Waals surface area contributed by atoms with E-state index >= 15 is 0 Å². The first-order chi connectivity index (χ1) is 15.6. The Balaban J connectivity index is 1.38. The minimum atomic E-state index is -0.824. The maximum atomic E-state index is 10.6. The summed E-state index contributed by atoms with van der Waals surface area (Å²) in [6, 6.07) is 19.6. The standard InChI is InChI=1S/C25H26BrNO5/c1-29-24-12-18(15-27-14-17-5-3-2-4-6-17)11-20(26)25(24)32-16-21(28)19-7-8-22-23(13-19)31-10-9-30-22/h2-8,11-13,21,27-28H,9-10,14-16H2,1H3. The number of rotatable bonds is 9. The number of ether oxygens (including phenoxy) is 4. The summed E-state index contributed by atoms with van der Waals surface area (Å²) in [5.74, 6) is 2.48. The molecule has 1 aliphatic heterocycles. The third kappa shape index (κ3) is 5.54. The third-order valence-corrected chi connectivity index (χ3v) is 5.72. The quantitative estimate of drug-likeness (QED) is 0.447. The first-order valence-corrected chi connectivity index (χ1v) is 11.2. The molecule has 168 valence electrons. The molecule has 6 nitrogen and oxygen atoms in total. The number of fused-ring (bicyclic) bond motifs is 1. The molecule has 1 atom stereocenters. The smallest absolute Gasteiger partial charge is 0.175 e. The van der Waals surface area contributed by atoms with Crippen LogP contribution in [0.2, 0.25) is 0 Å². The normalized spacial score (nSPS) is 13.5. The fraction of sp³-hybridized carbons (Fsp3) is 0.280. The van der Waals surface area contributed by atoms with Crippen molar-refractivity contribution in [3.05, 3.63) is 81.8 Å². The molecule has 0 saturated heterocycles. The summed E-state index contributed by atoms with van der Waals surface area (Å²) < 4.78 is 23.4. The number of aliphatic hydroxyl groups is 1. The molecule has 0 amide bonds. The van der Waals surface area contributed by atoms with Crippen LogP contribution >= 0.6 is 15.9 Å². The summed E-state index contributed by atoms with van der Waals surface area (Å²) in [4.78, 5) is 0. The lowest BCUT2D eigenvalue weighted by molar-refractivity contribution is 0.105. The van der Waals surface area contributed by atoms with E-state index in [0.717, 1.165) is 16.6 Å². The molecule has 3 aromatic carbocycles. The van der Waals surface area contributed by atoms with Crippen LogP contribution in [0.1, 0.15) is 22.8 Å². The molecule has 7 heteroatoms. The second-order valence-electron chi connectivity index (χ2n) is 7.43. The van der Waals surface area contributed by atoms with Crippen LogP contribution in [-0.2, 0) is 13.1 Å². The van der Waals surface area contributed by atoms with E-state index in [-0.39, 0.29) is 6.61 Å². The molecule has 1 aliphatic rings. The molecule has 0 aliphatic carbocycles. The monoisotopic (exact) mass is 499 g/mol. The van der Waals surface area contributed by atoms with E-state index in [2.05, 4.69) is 33.4 Å². The van der Waals surface area contributed by atoms with E-state index in [4.69, 9.17) is 18.9 Å². The van der Waals surface area contributed by atoms with Gasteiger partial charge in [-0.2, -0.15) is 0 Å². The molecule has 0 radical (unpaired) electrons. The molecule has 4 rings (SSSR count). The van der Waals surface area contributed by atoms with Crippen molar-refractivity contribution in [2.24, 2.45) is 0 Å². The Kier molecular flexibility index (Phi) is 7.52. The highest BCUT2D eigenvalue weighted by Crippen LogP contribution is 2.38. The topological polar surface area (TPSA) is 69.2 Å². The molecular formula is C25H26BrNO5. The van der Waals surface area contributed by atoms with Crippen molar-refractivity contribution in [3.8, 4) is 23.0 Å². The number of hydrogen-bond donors (Lipinski definition) is 2. The predicted octanol–water partition coefficient (Wildman–Crippen LogP) is 4.63. The number of aliphatic hydroxyl groups excluding tert-OH is 1. The van der Waals surface area contributed by atoms with Crippen LogP contribution in [0, 0.1) is 0 Å². The molecular weight excluding hydrogens is 474 g/mol. The summed E-state index contributed by atoms with van der Waals surface area (Å²) in [5, 5.41) is 14.1. The van der Waals surface area contributed by atoms with Crippen LogP contribution < -0.4 is 24.3 Å². The van der Waals surface area contributed by atoms with E-state index in [1.807, 2.05) is 36.4 Å². The van der Waals surface area contributed by atoms with Gasteiger partial charge < -0.3 is 29.4 Å². The van der Waals surface area contributed by atoms with E-state index in [9.17, 15) is 5.11 Å². The van der Waals surface area contributed by atoms with Crippen molar-refractivity contribution in [1.82, 2.24) is 5.32 Å². The highest BCUT2D eigenvalue weighted by molar-refractivity contribution is 9.10. The Morgan fingerprint density at radius 3 is 2.50 bits per heavy atom. The number of methoxy groups -OCH3 is 1. The van der Waals surface area contributed by atoms with Crippen molar-refractivity contribution in [1.29, 1.82) is 0 Å². The maximum Gasteiger partial charge on any atom is 0.175 e. The van der Waals surface area contributed by atoms with E-state index in [1.165, 1.54) is 5.56 Å². The van der Waals surface area contributed by atoms with Crippen LogP contribution in [0.4, 0.5) is 0 Å². The Morgan fingerprint density at radius 2 is 1.72 bits per heavy atom. The minimum absolute atomic E-state index is 0.0697. The molecule has 2 N–H and O–H groups in total. The number of hydrogen-bond acceptors (Lipinski definition) is 6. The zero-order valence-corrected chi connectivity index (χ0v) is 19.4. The molecule has 0 fully saturated rings. The van der Waals surface area contributed by atoms with Crippen molar-refractivity contribution in [2.45, 2.75) is 19.2 Å². The van der Waals surface area contributed by atoms with Gasteiger partial charge in [0.2, 0.25) is 0 Å². The minimum Gasteiger partial charge on any atom is -0.493 e. The Bertz CT molecular complexity index is 1040. The summed E-state index contributed by atoms with van der Waals surface area (Å²) >= 11 is 3.58.